The van der Waals surface area contributed by atoms with Crippen LogP contribution in [0, 0.1) is 10.8 Å². The number of benzene rings is 1. The second kappa shape index (κ2) is 6.48. The summed E-state index contributed by atoms with van der Waals surface area (Å²) in [4.78, 5) is 0. The molecule has 1 aliphatic carbocycles. The van der Waals surface area contributed by atoms with E-state index < -0.39 is 0 Å². The van der Waals surface area contributed by atoms with Gasteiger partial charge in [0.15, 0.2) is 0 Å². The molecule has 116 valence electrons. The predicted octanol–water partition coefficient (Wildman–Crippen LogP) is 3.46. The van der Waals surface area contributed by atoms with Crippen LogP contribution < -0.4 is 10.5 Å². The highest BCUT2D eigenvalue weighted by molar-refractivity contribution is 5.97. The Labute approximate surface area is 127 Å². The molecular weight excluding hydrogens is 264 g/mol. The van der Waals surface area contributed by atoms with Gasteiger partial charge in [-0.2, -0.15) is 0 Å². The summed E-state index contributed by atoms with van der Waals surface area (Å²) in [7, 11) is 1.59. The third-order valence-corrected chi connectivity index (χ3v) is 4.33. The number of hydrogen-bond acceptors (Lipinski definition) is 3. The van der Waals surface area contributed by atoms with Crippen LogP contribution in [-0.4, -0.2) is 19.0 Å². The second-order valence-electron chi connectivity index (χ2n) is 6.62. The standard InChI is InChI=1S/C17H26N2O2/c1-17(2)8-6-13(7-9-17)21-11-12-4-5-14(16(18)19)15(10-12)20-3/h4-5,10,13H,6-9,11H2,1-3H3,(H3,18,19). The van der Waals surface area contributed by atoms with E-state index >= 15 is 0 Å². The minimum Gasteiger partial charge on any atom is -0.496 e. The van der Waals surface area contributed by atoms with Gasteiger partial charge < -0.3 is 15.2 Å². The summed E-state index contributed by atoms with van der Waals surface area (Å²) in [5.41, 5.74) is 7.68. The molecule has 0 heterocycles. The number of nitrogens with one attached hydrogen (secondary N) is 1. The van der Waals surface area contributed by atoms with Crippen LogP contribution in [0.25, 0.3) is 0 Å². The minimum atomic E-state index is 0.0221. The van der Waals surface area contributed by atoms with Gasteiger partial charge in [-0.25, -0.2) is 0 Å². The van der Waals surface area contributed by atoms with Crippen LogP contribution in [-0.2, 0) is 11.3 Å². The Kier molecular flexibility index (Phi) is 4.88. The zero-order chi connectivity index (χ0) is 15.5. The summed E-state index contributed by atoms with van der Waals surface area (Å²) in [6.45, 7) is 5.24. The molecule has 1 aliphatic rings. The van der Waals surface area contributed by atoms with Gasteiger partial charge in [0, 0.05) is 0 Å². The molecule has 0 aliphatic heterocycles. The van der Waals surface area contributed by atoms with Crippen molar-refractivity contribution >= 4 is 5.84 Å². The van der Waals surface area contributed by atoms with Crippen molar-refractivity contribution in [1.29, 1.82) is 5.41 Å². The van der Waals surface area contributed by atoms with Crippen molar-refractivity contribution in [3.05, 3.63) is 29.3 Å². The van der Waals surface area contributed by atoms with E-state index in [0.717, 1.165) is 18.4 Å². The normalized spacial score (nSPS) is 18.4. The average Bonchev–Trinajstić information content (AvgIpc) is 2.45. The fourth-order valence-corrected chi connectivity index (χ4v) is 2.80. The maximum atomic E-state index is 7.52. The van der Waals surface area contributed by atoms with E-state index in [0.29, 0.717) is 29.4 Å². The van der Waals surface area contributed by atoms with Crippen LogP contribution >= 0.6 is 0 Å². The van der Waals surface area contributed by atoms with Crippen molar-refractivity contribution < 1.29 is 9.47 Å². The van der Waals surface area contributed by atoms with E-state index in [2.05, 4.69) is 13.8 Å². The predicted molar refractivity (Wildman–Crippen MR) is 84.8 cm³/mol. The average molecular weight is 290 g/mol. The van der Waals surface area contributed by atoms with E-state index in [1.54, 1.807) is 7.11 Å². The topological polar surface area (TPSA) is 68.3 Å². The lowest BCUT2D eigenvalue weighted by Gasteiger charge is -2.34. The van der Waals surface area contributed by atoms with Crippen molar-refractivity contribution in [3.63, 3.8) is 0 Å². The van der Waals surface area contributed by atoms with Gasteiger partial charge >= 0.3 is 0 Å². The Hall–Kier alpha value is -1.55. The van der Waals surface area contributed by atoms with Gasteiger partial charge in [0.1, 0.15) is 11.6 Å². The van der Waals surface area contributed by atoms with E-state index in [1.165, 1.54) is 12.8 Å². The Morgan fingerprint density at radius 3 is 2.57 bits per heavy atom. The van der Waals surface area contributed by atoms with E-state index in [9.17, 15) is 0 Å². The summed E-state index contributed by atoms with van der Waals surface area (Å²) in [5, 5.41) is 7.52. The molecule has 0 bridgehead atoms. The van der Waals surface area contributed by atoms with Crippen LogP contribution in [0.5, 0.6) is 5.75 Å². The molecule has 1 aromatic carbocycles. The van der Waals surface area contributed by atoms with E-state index in [1.807, 2.05) is 18.2 Å². The van der Waals surface area contributed by atoms with Crippen molar-refractivity contribution in [2.24, 2.45) is 11.1 Å². The smallest absolute Gasteiger partial charge is 0.130 e. The van der Waals surface area contributed by atoms with Crippen molar-refractivity contribution in [2.45, 2.75) is 52.2 Å². The Morgan fingerprint density at radius 1 is 1.33 bits per heavy atom. The molecule has 1 aromatic rings. The maximum absolute atomic E-state index is 7.52. The monoisotopic (exact) mass is 290 g/mol. The fourth-order valence-electron chi connectivity index (χ4n) is 2.80. The highest BCUT2D eigenvalue weighted by Crippen LogP contribution is 2.36. The minimum absolute atomic E-state index is 0.0221. The first-order valence-corrected chi connectivity index (χ1v) is 7.54. The van der Waals surface area contributed by atoms with Gasteiger partial charge in [-0.1, -0.05) is 19.9 Å². The summed E-state index contributed by atoms with van der Waals surface area (Å²) in [5.74, 6) is 0.655. The summed E-state index contributed by atoms with van der Waals surface area (Å²) in [6, 6.07) is 5.68. The third-order valence-electron chi connectivity index (χ3n) is 4.33. The molecule has 1 saturated carbocycles. The SMILES string of the molecule is COc1cc(COC2CCC(C)(C)CC2)ccc1C(=N)N. The largest absolute Gasteiger partial charge is 0.496 e. The zero-order valence-corrected chi connectivity index (χ0v) is 13.2. The maximum Gasteiger partial charge on any atom is 0.130 e. The number of ether oxygens (including phenoxy) is 2. The van der Waals surface area contributed by atoms with Crippen LogP contribution in [0.15, 0.2) is 18.2 Å². The number of methoxy groups -OCH3 is 1. The first-order chi connectivity index (χ1) is 9.91. The molecule has 1 fully saturated rings. The van der Waals surface area contributed by atoms with Gasteiger partial charge in [-0.3, -0.25) is 5.41 Å². The van der Waals surface area contributed by atoms with Crippen LogP contribution in [0.2, 0.25) is 0 Å². The number of nitrogen functional groups attached to an aromatic ring is 1. The molecular formula is C17H26N2O2. The number of nitrogens with two attached hydrogens (primary N) is 1. The number of hydrogen-bond donors (Lipinski definition) is 2. The molecule has 0 atom stereocenters. The molecule has 2 rings (SSSR count). The highest BCUT2D eigenvalue weighted by atomic mass is 16.5. The molecule has 0 aromatic heterocycles. The molecule has 4 nitrogen and oxygen atoms in total. The molecule has 4 heteroatoms. The summed E-state index contributed by atoms with van der Waals surface area (Å²) in [6.07, 6.45) is 5.08. The number of rotatable bonds is 5. The first-order valence-electron chi connectivity index (χ1n) is 7.54. The lowest BCUT2D eigenvalue weighted by molar-refractivity contribution is -0.00563. The zero-order valence-electron chi connectivity index (χ0n) is 13.2. The van der Waals surface area contributed by atoms with Crippen LogP contribution in [0.4, 0.5) is 0 Å². The van der Waals surface area contributed by atoms with E-state index in [-0.39, 0.29) is 5.84 Å². The molecule has 0 spiro atoms. The molecule has 0 saturated heterocycles. The van der Waals surface area contributed by atoms with Crippen LogP contribution in [0.1, 0.15) is 50.7 Å². The molecule has 0 unspecified atom stereocenters. The fraction of sp³-hybridized carbons (Fsp3) is 0.588. The van der Waals surface area contributed by atoms with Crippen molar-refractivity contribution in [2.75, 3.05) is 7.11 Å². The lowest BCUT2D eigenvalue weighted by atomic mass is 9.76. The lowest BCUT2D eigenvalue weighted by Crippen LogP contribution is -2.26. The molecule has 0 amide bonds. The number of amidine groups is 1. The van der Waals surface area contributed by atoms with Gasteiger partial charge in [0.05, 0.1) is 25.4 Å². The molecule has 21 heavy (non-hydrogen) atoms. The van der Waals surface area contributed by atoms with Gasteiger partial charge in [-0.15, -0.1) is 0 Å². The van der Waals surface area contributed by atoms with Crippen molar-refractivity contribution in [3.8, 4) is 5.75 Å². The Balaban J connectivity index is 1.93. The summed E-state index contributed by atoms with van der Waals surface area (Å²) >= 11 is 0. The second-order valence-corrected chi connectivity index (χ2v) is 6.62. The van der Waals surface area contributed by atoms with Crippen LogP contribution in [0.3, 0.4) is 0 Å². The Morgan fingerprint density at radius 2 is 2.00 bits per heavy atom. The molecule has 0 radical (unpaired) electrons. The quantitative estimate of drug-likeness (QED) is 0.644. The summed E-state index contributed by atoms with van der Waals surface area (Å²) < 4.78 is 11.3. The third kappa shape index (κ3) is 4.21. The van der Waals surface area contributed by atoms with E-state index in [4.69, 9.17) is 20.6 Å². The van der Waals surface area contributed by atoms with Gasteiger partial charge in [0.2, 0.25) is 0 Å². The first kappa shape index (κ1) is 15.8. The Bertz CT molecular complexity index is 502. The van der Waals surface area contributed by atoms with Crippen molar-refractivity contribution in [1.82, 2.24) is 0 Å². The highest BCUT2D eigenvalue weighted by Gasteiger charge is 2.27. The van der Waals surface area contributed by atoms with Gasteiger partial charge in [0.25, 0.3) is 0 Å². The van der Waals surface area contributed by atoms with Gasteiger partial charge in [-0.05, 0) is 48.8 Å². The molecule has 3 N–H and O–H groups in total.